The third kappa shape index (κ3) is 4.22. The maximum absolute atomic E-state index is 10.4. The Bertz CT molecular complexity index is 260. The number of imidazole rings is 1. The number of rotatable bonds is 0. The van der Waals surface area contributed by atoms with E-state index in [1.165, 1.54) is 0 Å². The van der Waals surface area contributed by atoms with Crippen LogP contribution in [0.2, 0.25) is 0 Å². The smallest absolute Gasteiger partial charge is 0.0919 e. The van der Waals surface area contributed by atoms with Crippen LogP contribution in [-0.4, -0.2) is 38.3 Å². The van der Waals surface area contributed by atoms with Gasteiger partial charge in [-0.2, -0.15) is 0 Å². The van der Waals surface area contributed by atoms with Gasteiger partial charge in [-0.3, -0.25) is 0 Å². The normalized spacial score (nSPS) is 13.8. The first-order valence-corrected chi connectivity index (χ1v) is 6.01. The van der Waals surface area contributed by atoms with E-state index in [1.54, 1.807) is 18.7 Å². The SMILES string of the molecule is O=C1CC=CC=[Te]1.c1c[nH]cn1. The molecule has 0 aromatic carbocycles. The summed E-state index contributed by atoms with van der Waals surface area (Å²) in [6, 6.07) is 0. The van der Waals surface area contributed by atoms with Gasteiger partial charge in [-0.25, -0.2) is 4.98 Å². The van der Waals surface area contributed by atoms with E-state index in [0.717, 1.165) is 0 Å². The van der Waals surface area contributed by atoms with Crippen LogP contribution >= 0.6 is 0 Å². The molecule has 0 spiro atoms. The molecule has 2 rings (SSSR count). The van der Waals surface area contributed by atoms with Crippen molar-refractivity contribution in [1.29, 1.82) is 0 Å². The van der Waals surface area contributed by atoms with E-state index in [2.05, 4.69) is 9.97 Å². The molecule has 4 heteroatoms. The summed E-state index contributed by atoms with van der Waals surface area (Å²) < 4.78 is 2.46. The van der Waals surface area contributed by atoms with Crippen LogP contribution in [0.25, 0.3) is 0 Å². The van der Waals surface area contributed by atoms with E-state index in [1.807, 2.05) is 16.2 Å². The van der Waals surface area contributed by atoms with Crippen molar-refractivity contribution in [3.05, 3.63) is 30.9 Å². The number of carbonyl (C=O) groups excluding carboxylic acids is 1. The van der Waals surface area contributed by atoms with Crippen molar-refractivity contribution in [2.75, 3.05) is 0 Å². The molecular formula is C8H9N2OTe. The second-order valence-corrected chi connectivity index (χ2v) is 4.77. The molecule has 1 aromatic heterocycles. The van der Waals surface area contributed by atoms with Gasteiger partial charge in [0.2, 0.25) is 0 Å². The zero-order valence-electron chi connectivity index (χ0n) is 6.43. The summed E-state index contributed by atoms with van der Waals surface area (Å²) in [6.45, 7) is 0. The average molecular weight is 277 g/mol. The van der Waals surface area contributed by atoms with Crippen molar-refractivity contribution in [2.24, 2.45) is 0 Å². The molecule has 0 saturated heterocycles. The summed E-state index contributed by atoms with van der Waals surface area (Å²) in [5, 5.41) is 0. The largest absolute Gasteiger partial charge is 0.351 e. The van der Waals surface area contributed by atoms with Crippen LogP contribution in [0, 0.1) is 0 Å². The molecular weight excluding hydrogens is 268 g/mol. The van der Waals surface area contributed by atoms with Crippen molar-refractivity contribution in [2.45, 2.75) is 6.42 Å². The number of aromatic amines is 1. The van der Waals surface area contributed by atoms with Gasteiger partial charge < -0.3 is 4.98 Å². The number of hydrogen-bond donors (Lipinski definition) is 1. The molecule has 0 atom stereocenters. The number of hydrogen-bond acceptors (Lipinski definition) is 2. The van der Waals surface area contributed by atoms with Gasteiger partial charge in [-0.1, -0.05) is 0 Å². The summed E-state index contributed by atoms with van der Waals surface area (Å²) in [4.78, 5) is 16.9. The van der Waals surface area contributed by atoms with Crippen molar-refractivity contribution in [3.8, 4) is 0 Å². The summed E-state index contributed by atoms with van der Waals surface area (Å²) in [7, 11) is 0. The molecule has 0 amide bonds. The number of aromatic nitrogens is 2. The maximum atomic E-state index is 10.4. The molecule has 1 N–H and O–H groups in total. The fourth-order valence-electron chi connectivity index (χ4n) is 0.598. The van der Waals surface area contributed by atoms with E-state index in [4.69, 9.17) is 0 Å². The molecule has 0 bridgehead atoms. The summed E-state index contributed by atoms with van der Waals surface area (Å²) in [5.74, 6) is 0. The number of allylic oxidation sites excluding steroid dienone is 2. The summed E-state index contributed by atoms with van der Waals surface area (Å²) >= 11 is -0.350. The Balaban J connectivity index is 0.000000127. The average Bonchev–Trinajstić information content (AvgIpc) is 2.62. The Labute approximate surface area is 80.5 Å². The molecule has 2 heterocycles. The molecule has 1 aromatic rings. The van der Waals surface area contributed by atoms with Crippen molar-refractivity contribution in [1.82, 2.24) is 9.97 Å². The Morgan fingerprint density at radius 3 is 2.75 bits per heavy atom. The molecule has 3 nitrogen and oxygen atoms in total. The van der Waals surface area contributed by atoms with Gasteiger partial charge >= 0.3 is 51.7 Å². The van der Waals surface area contributed by atoms with E-state index < -0.39 is 0 Å². The first-order valence-electron chi connectivity index (χ1n) is 3.50. The number of nitrogens with one attached hydrogen (secondary N) is 1. The fraction of sp³-hybridized carbons (Fsp3) is 0.125. The summed E-state index contributed by atoms with van der Waals surface area (Å²) in [5.41, 5.74) is 0. The van der Waals surface area contributed by atoms with E-state index >= 15 is 0 Å². The zero-order chi connectivity index (χ0) is 8.65. The second kappa shape index (κ2) is 5.87. The maximum Gasteiger partial charge on any atom is 0.0919 e. The topological polar surface area (TPSA) is 45.8 Å². The van der Waals surface area contributed by atoms with Crippen LogP contribution in [0.1, 0.15) is 6.42 Å². The van der Waals surface area contributed by atoms with E-state index in [0.29, 0.717) is 10.3 Å². The third-order valence-corrected chi connectivity index (χ3v) is 3.17. The first kappa shape index (κ1) is 9.37. The fourth-order valence-corrected chi connectivity index (χ4v) is 2.12. The van der Waals surface area contributed by atoms with E-state index in [-0.39, 0.29) is 20.5 Å². The Morgan fingerprint density at radius 1 is 1.58 bits per heavy atom. The van der Waals surface area contributed by atoms with Gasteiger partial charge in [-0.15, -0.1) is 0 Å². The molecule has 63 valence electrons. The molecule has 0 aliphatic carbocycles. The van der Waals surface area contributed by atoms with Gasteiger partial charge in [-0.05, 0) is 0 Å². The molecule has 1 aliphatic rings. The van der Waals surface area contributed by atoms with Gasteiger partial charge in [0.25, 0.3) is 0 Å². The van der Waals surface area contributed by atoms with Crippen LogP contribution in [0.3, 0.4) is 0 Å². The third-order valence-electron chi connectivity index (χ3n) is 1.10. The summed E-state index contributed by atoms with van der Waals surface area (Å²) in [6.07, 6.45) is 9.68. The monoisotopic (exact) mass is 279 g/mol. The first-order chi connectivity index (χ1) is 5.89. The van der Waals surface area contributed by atoms with Gasteiger partial charge in [0.1, 0.15) is 0 Å². The predicted molar refractivity (Wildman–Crippen MR) is 49.2 cm³/mol. The van der Waals surface area contributed by atoms with Crippen molar-refractivity contribution in [3.63, 3.8) is 0 Å². The molecule has 0 unspecified atom stereocenters. The van der Waals surface area contributed by atoms with Gasteiger partial charge in [0.15, 0.2) is 0 Å². The molecule has 0 fully saturated rings. The minimum atomic E-state index is -0.350. The quantitative estimate of drug-likeness (QED) is 0.697. The second-order valence-electron chi connectivity index (χ2n) is 2.02. The molecule has 1 aliphatic heterocycles. The number of carbonyl (C=O) groups is 1. The molecule has 1 radical (unpaired) electrons. The van der Waals surface area contributed by atoms with Crippen LogP contribution in [-0.2, 0) is 4.79 Å². The van der Waals surface area contributed by atoms with Crippen LogP contribution in [0.15, 0.2) is 30.9 Å². The van der Waals surface area contributed by atoms with Crippen molar-refractivity contribution < 1.29 is 4.79 Å². The zero-order valence-corrected chi connectivity index (χ0v) is 8.77. The van der Waals surface area contributed by atoms with Crippen LogP contribution in [0.4, 0.5) is 0 Å². The number of H-pyrrole nitrogens is 1. The Hall–Kier alpha value is -0.720. The van der Waals surface area contributed by atoms with Crippen LogP contribution < -0.4 is 0 Å². The van der Waals surface area contributed by atoms with Crippen molar-refractivity contribution >= 4 is 28.3 Å². The Morgan fingerprint density at radius 2 is 2.50 bits per heavy atom. The standard InChI is InChI=1S/C5H5OTe.C3H4N2/c6-5-3-1-2-4-7-5;1-2-5-3-4-1/h1-2,4H,3H2;1-3H,(H,4,5). The van der Waals surface area contributed by atoms with Crippen LogP contribution in [0.5, 0.6) is 0 Å². The number of nitrogens with zero attached hydrogens (tertiary/aromatic N) is 1. The molecule has 0 saturated carbocycles. The Kier molecular flexibility index (Phi) is 4.58. The minimum Gasteiger partial charge on any atom is -0.351 e. The minimum absolute atomic E-state index is 0.350. The van der Waals surface area contributed by atoms with E-state index in [9.17, 15) is 4.79 Å². The molecule has 12 heavy (non-hydrogen) atoms. The van der Waals surface area contributed by atoms with Gasteiger partial charge in [0.05, 0.1) is 6.33 Å². The predicted octanol–water partition coefficient (Wildman–Crippen LogP) is 0.389. The van der Waals surface area contributed by atoms with Gasteiger partial charge in [0, 0.05) is 12.4 Å².